The summed E-state index contributed by atoms with van der Waals surface area (Å²) in [6.07, 6.45) is 0. The smallest absolute Gasteiger partial charge is 0.271 e. The summed E-state index contributed by atoms with van der Waals surface area (Å²) in [5.41, 5.74) is 0.682. The zero-order valence-electron chi connectivity index (χ0n) is 6.37. The van der Waals surface area contributed by atoms with E-state index in [1.807, 2.05) is 0 Å². The van der Waals surface area contributed by atoms with Gasteiger partial charge in [-0.15, -0.1) is 0 Å². The lowest BCUT2D eigenvalue weighted by molar-refractivity contribution is -0.384. The number of nitrogens with one attached hydrogen (secondary N) is 1. The van der Waals surface area contributed by atoms with Gasteiger partial charge in [0, 0.05) is 19.2 Å². The molecule has 0 saturated heterocycles. The number of benzene rings is 1. The molecule has 1 rings (SSSR count). The highest BCUT2D eigenvalue weighted by Crippen LogP contribution is 2.25. The summed E-state index contributed by atoms with van der Waals surface area (Å²) < 4.78 is 0. The Balaban J connectivity index is 3.10. The normalized spacial score (nSPS) is 9.50. The van der Waals surface area contributed by atoms with Crippen molar-refractivity contribution in [3.05, 3.63) is 33.3 Å². The van der Waals surface area contributed by atoms with E-state index in [1.165, 1.54) is 12.1 Å². The third-order valence-electron chi connectivity index (χ3n) is 1.43. The molecule has 1 aromatic rings. The van der Waals surface area contributed by atoms with E-state index in [4.69, 9.17) is 11.6 Å². The third-order valence-corrected chi connectivity index (χ3v) is 1.75. The Labute approximate surface area is 74.3 Å². The van der Waals surface area contributed by atoms with Gasteiger partial charge < -0.3 is 5.32 Å². The number of hydrogen-bond donors (Lipinski definition) is 1. The minimum atomic E-state index is -0.481. The minimum Gasteiger partial charge on any atom is -0.387 e. The predicted octanol–water partition coefficient (Wildman–Crippen LogP) is 2.29. The summed E-state index contributed by atoms with van der Waals surface area (Å²) >= 11 is 5.71. The molecule has 1 N–H and O–H groups in total. The van der Waals surface area contributed by atoms with Gasteiger partial charge in [0.15, 0.2) is 0 Å². The molecule has 0 amide bonds. The molecule has 1 aromatic carbocycles. The number of anilines is 1. The first-order chi connectivity index (χ1) is 5.65. The number of non-ortho nitro benzene ring substituents is 1. The van der Waals surface area contributed by atoms with Crippen molar-refractivity contribution < 1.29 is 4.92 Å². The molecular weight excluding hydrogens is 180 g/mol. The van der Waals surface area contributed by atoms with E-state index in [-0.39, 0.29) is 5.69 Å². The SMILES string of the molecule is CNc1ccc([N+](=O)[O-])cc1Cl. The van der Waals surface area contributed by atoms with Crippen LogP contribution >= 0.6 is 11.6 Å². The second-order valence-electron chi connectivity index (χ2n) is 2.17. The Morgan fingerprint density at radius 1 is 1.58 bits per heavy atom. The minimum absolute atomic E-state index is 0.000926. The molecule has 5 heteroatoms. The molecule has 0 aliphatic heterocycles. The molecule has 0 aromatic heterocycles. The number of hydrogen-bond acceptors (Lipinski definition) is 3. The molecule has 12 heavy (non-hydrogen) atoms. The molecule has 0 atom stereocenters. The molecule has 0 unspecified atom stereocenters. The van der Waals surface area contributed by atoms with Crippen molar-refractivity contribution in [3.8, 4) is 0 Å². The van der Waals surface area contributed by atoms with E-state index in [2.05, 4.69) is 5.32 Å². The Morgan fingerprint density at radius 3 is 2.67 bits per heavy atom. The maximum atomic E-state index is 10.3. The number of nitrogens with zero attached hydrogens (tertiary/aromatic N) is 1. The Morgan fingerprint density at radius 2 is 2.25 bits per heavy atom. The molecule has 0 bridgehead atoms. The van der Waals surface area contributed by atoms with Gasteiger partial charge >= 0.3 is 0 Å². The van der Waals surface area contributed by atoms with Gasteiger partial charge in [0.25, 0.3) is 5.69 Å². The summed E-state index contributed by atoms with van der Waals surface area (Å²) in [5, 5.41) is 13.4. The van der Waals surface area contributed by atoms with E-state index >= 15 is 0 Å². The van der Waals surface area contributed by atoms with Crippen molar-refractivity contribution in [1.82, 2.24) is 0 Å². The van der Waals surface area contributed by atoms with Gasteiger partial charge in [-0.1, -0.05) is 11.6 Å². The molecular formula is C7H7ClN2O2. The van der Waals surface area contributed by atoms with Crippen molar-refractivity contribution in [2.45, 2.75) is 0 Å². The standard InChI is InChI=1S/C7H7ClN2O2/c1-9-7-3-2-5(10(11)12)4-6(7)8/h2-4,9H,1H3. The van der Waals surface area contributed by atoms with Crippen LogP contribution in [0, 0.1) is 10.1 Å². The summed E-state index contributed by atoms with van der Waals surface area (Å²) in [6.45, 7) is 0. The van der Waals surface area contributed by atoms with Crippen molar-refractivity contribution in [1.29, 1.82) is 0 Å². The Hall–Kier alpha value is -1.29. The van der Waals surface area contributed by atoms with E-state index in [0.717, 1.165) is 0 Å². The molecule has 0 spiro atoms. The van der Waals surface area contributed by atoms with Gasteiger partial charge in [0.05, 0.1) is 15.6 Å². The Kier molecular flexibility index (Phi) is 2.50. The molecule has 64 valence electrons. The van der Waals surface area contributed by atoms with Crippen molar-refractivity contribution in [2.24, 2.45) is 0 Å². The highest BCUT2D eigenvalue weighted by molar-refractivity contribution is 6.33. The fourth-order valence-corrected chi connectivity index (χ4v) is 1.09. The summed E-state index contributed by atoms with van der Waals surface area (Å²) in [4.78, 5) is 9.80. The van der Waals surface area contributed by atoms with Gasteiger partial charge in [-0.2, -0.15) is 0 Å². The van der Waals surface area contributed by atoms with Gasteiger partial charge in [-0.25, -0.2) is 0 Å². The quantitative estimate of drug-likeness (QED) is 0.570. The predicted molar refractivity (Wildman–Crippen MR) is 47.7 cm³/mol. The maximum absolute atomic E-state index is 10.3. The number of rotatable bonds is 2. The lowest BCUT2D eigenvalue weighted by Gasteiger charge is -2.01. The second-order valence-corrected chi connectivity index (χ2v) is 2.58. The van der Waals surface area contributed by atoms with E-state index in [9.17, 15) is 10.1 Å². The number of nitro groups is 1. The summed E-state index contributed by atoms with van der Waals surface area (Å²) in [6, 6.07) is 4.28. The van der Waals surface area contributed by atoms with Crippen LogP contribution in [0.2, 0.25) is 5.02 Å². The highest BCUT2D eigenvalue weighted by atomic mass is 35.5. The molecule has 0 saturated carbocycles. The van der Waals surface area contributed by atoms with Crippen LogP contribution in [0.4, 0.5) is 11.4 Å². The van der Waals surface area contributed by atoms with E-state index in [1.54, 1.807) is 13.1 Å². The largest absolute Gasteiger partial charge is 0.387 e. The van der Waals surface area contributed by atoms with Crippen LogP contribution in [0.3, 0.4) is 0 Å². The van der Waals surface area contributed by atoms with Gasteiger partial charge in [0.2, 0.25) is 0 Å². The first-order valence-electron chi connectivity index (χ1n) is 3.27. The van der Waals surface area contributed by atoms with Gasteiger partial charge in [-0.3, -0.25) is 10.1 Å². The van der Waals surface area contributed by atoms with Crippen LogP contribution in [0.25, 0.3) is 0 Å². The van der Waals surface area contributed by atoms with E-state index < -0.39 is 4.92 Å². The van der Waals surface area contributed by atoms with Crippen molar-refractivity contribution in [3.63, 3.8) is 0 Å². The van der Waals surface area contributed by atoms with Crippen molar-refractivity contribution >= 4 is 23.0 Å². The van der Waals surface area contributed by atoms with Crippen LogP contribution in [0.5, 0.6) is 0 Å². The lowest BCUT2D eigenvalue weighted by atomic mass is 10.3. The van der Waals surface area contributed by atoms with E-state index in [0.29, 0.717) is 10.7 Å². The second kappa shape index (κ2) is 3.40. The fraction of sp³-hybridized carbons (Fsp3) is 0.143. The van der Waals surface area contributed by atoms with Crippen LogP contribution in [0.15, 0.2) is 18.2 Å². The maximum Gasteiger partial charge on any atom is 0.271 e. The molecule has 0 aliphatic carbocycles. The zero-order valence-corrected chi connectivity index (χ0v) is 7.13. The molecule has 0 heterocycles. The average molecular weight is 187 g/mol. The first-order valence-corrected chi connectivity index (χ1v) is 3.64. The zero-order chi connectivity index (χ0) is 9.14. The molecule has 0 radical (unpaired) electrons. The summed E-state index contributed by atoms with van der Waals surface area (Å²) in [7, 11) is 1.70. The van der Waals surface area contributed by atoms with Crippen LogP contribution in [0.1, 0.15) is 0 Å². The van der Waals surface area contributed by atoms with Gasteiger partial charge in [-0.05, 0) is 6.07 Å². The molecule has 0 aliphatic rings. The topological polar surface area (TPSA) is 55.2 Å². The molecule has 0 fully saturated rings. The van der Waals surface area contributed by atoms with Gasteiger partial charge in [0.1, 0.15) is 0 Å². The highest BCUT2D eigenvalue weighted by Gasteiger charge is 2.07. The van der Waals surface area contributed by atoms with Crippen LogP contribution < -0.4 is 5.32 Å². The average Bonchev–Trinajstić information content (AvgIpc) is 2.04. The number of halogens is 1. The first kappa shape index (κ1) is 8.80. The van der Waals surface area contributed by atoms with Crippen molar-refractivity contribution in [2.75, 3.05) is 12.4 Å². The fourth-order valence-electron chi connectivity index (χ4n) is 0.820. The number of nitro benzene ring substituents is 1. The monoisotopic (exact) mass is 186 g/mol. The molecule has 4 nitrogen and oxygen atoms in total. The summed E-state index contributed by atoms with van der Waals surface area (Å²) in [5.74, 6) is 0. The lowest BCUT2D eigenvalue weighted by Crippen LogP contribution is -1.91. The van der Waals surface area contributed by atoms with Crippen LogP contribution in [-0.4, -0.2) is 12.0 Å². The third kappa shape index (κ3) is 1.65. The Bertz CT molecular complexity index is 314. The van der Waals surface area contributed by atoms with Crippen LogP contribution in [-0.2, 0) is 0 Å².